The average Bonchev–Trinajstić information content (AvgIpc) is 2.75. The molecule has 0 saturated carbocycles. The van der Waals surface area contributed by atoms with Gasteiger partial charge >= 0.3 is 0 Å². The van der Waals surface area contributed by atoms with E-state index in [1.807, 2.05) is 28.9 Å². The van der Waals surface area contributed by atoms with Gasteiger partial charge in [-0.3, -0.25) is 4.68 Å². The van der Waals surface area contributed by atoms with E-state index in [-0.39, 0.29) is 0 Å². The van der Waals surface area contributed by atoms with Crippen molar-refractivity contribution in [3.63, 3.8) is 0 Å². The van der Waals surface area contributed by atoms with Gasteiger partial charge in [-0.05, 0) is 11.6 Å². The first-order valence-corrected chi connectivity index (χ1v) is 4.92. The van der Waals surface area contributed by atoms with Crippen LogP contribution in [0, 0.1) is 12.3 Å². The van der Waals surface area contributed by atoms with Gasteiger partial charge in [-0.25, -0.2) is 0 Å². The minimum Gasteiger partial charge on any atom is -0.264 e. The van der Waals surface area contributed by atoms with E-state index in [4.69, 9.17) is 6.42 Å². The lowest BCUT2D eigenvalue weighted by atomic mass is 10.1. The zero-order valence-corrected chi connectivity index (χ0v) is 8.43. The predicted molar refractivity (Wildman–Crippen MR) is 61.1 cm³/mol. The van der Waals surface area contributed by atoms with Gasteiger partial charge in [0.05, 0.1) is 12.2 Å². The summed E-state index contributed by atoms with van der Waals surface area (Å²) in [6.45, 7) is 0.772. The van der Waals surface area contributed by atoms with Crippen molar-refractivity contribution < 1.29 is 0 Å². The van der Waals surface area contributed by atoms with Gasteiger partial charge < -0.3 is 0 Å². The number of terminal acetylenes is 1. The second-order valence-corrected chi connectivity index (χ2v) is 3.26. The molecular formula is C13H12N2. The summed E-state index contributed by atoms with van der Waals surface area (Å²) in [6.07, 6.45) is 7.76. The van der Waals surface area contributed by atoms with Gasteiger partial charge in [0.1, 0.15) is 0 Å². The van der Waals surface area contributed by atoms with Crippen molar-refractivity contribution in [1.29, 1.82) is 0 Å². The Morgan fingerprint density at radius 1 is 1.20 bits per heavy atom. The molecule has 0 fully saturated rings. The fourth-order valence-corrected chi connectivity index (χ4v) is 1.54. The van der Waals surface area contributed by atoms with Crippen molar-refractivity contribution in [1.82, 2.24) is 9.78 Å². The van der Waals surface area contributed by atoms with Crippen molar-refractivity contribution in [3.05, 3.63) is 42.6 Å². The van der Waals surface area contributed by atoms with Gasteiger partial charge in [-0.2, -0.15) is 5.10 Å². The molecule has 0 spiro atoms. The Kier molecular flexibility index (Phi) is 2.85. The lowest BCUT2D eigenvalue weighted by Crippen LogP contribution is -2.01. The highest BCUT2D eigenvalue weighted by molar-refractivity contribution is 5.58. The molecule has 0 N–H and O–H groups in total. The van der Waals surface area contributed by atoms with Crippen LogP contribution >= 0.6 is 0 Å². The van der Waals surface area contributed by atoms with Crippen LogP contribution in [-0.2, 0) is 6.54 Å². The molecule has 0 aliphatic heterocycles. The van der Waals surface area contributed by atoms with Crippen molar-refractivity contribution in [2.45, 2.75) is 13.0 Å². The molecule has 0 radical (unpaired) electrons. The van der Waals surface area contributed by atoms with Gasteiger partial charge in [0.2, 0.25) is 0 Å². The minimum absolute atomic E-state index is 0.710. The van der Waals surface area contributed by atoms with Crippen molar-refractivity contribution >= 4 is 0 Å². The molecule has 2 rings (SSSR count). The van der Waals surface area contributed by atoms with Gasteiger partial charge in [0, 0.05) is 12.6 Å². The van der Waals surface area contributed by atoms with Crippen LogP contribution in [0.2, 0.25) is 0 Å². The van der Waals surface area contributed by atoms with Crippen LogP contribution < -0.4 is 0 Å². The molecule has 2 nitrogen and oxygen atoms in total. The maximum Gasteiger partial charge on any atom is 0.0682 e. The van der Waals surface area contributed by atoms with Crippen LogP contribution in [0.3, 0.4) is 0 Å². The summed E-state index contributed by atoms with van der Waals surface area (Å²) in [6, 6.07) is 12.2. The van der Waals surface area contributed by atoms with Crippen molar-refractivity contribution in [2.75, 3.05) is 0 Å². The monoisotopic (exact) mass is 196 g/mol. The van der Waals surface area contributed by atoms with Gasteiger partial charge in [-0.15, -0.1) is 12.3 Å². The minimum atomic E-state index is 0.710. The molecule has 0 bridgehead atoms. The maximum atomic E-state index is 5.24. The molecule has 2 heteroatoms. The summed E-state index contributed by atoms with van der Waals surface area (Å²) in [4.78, 5) is 0. The first-order valence-electron chi connectivity index (χ1n) is 4.92. The third-order valence-corrected chi connectivity index (χ3v) is 2.25. The first kappa shape index (κ1) is 9.54. The zero-order valence-electron chi connectivity index (χ0n) is 8.43. The number of hydrogen-bond acceptors (Lipinski definition) is 1. The molecular weight excluding hydrogens is 184 g/mol. The summed E-state index contributed by atoms with van der Waals surface area (Å²) in [7, 11) is 0. The van der Waals surface area contributed by atoms with Crippen LogP contribution in [0.15, 0.2) is 42.6 Å². The normalized spacial score (nSPS) is 9.80. The predicted octanol–water partition coefficient (Wildman–Crippen LogP) is 2.57. The molecule has 0 amide bonds. The smallest absolute Gasteiger partial charge is 0.0682 e. The van der Waals surface area contributed by atoms with E-state index in [1.54, 1.807) is 6.20 Å². The Bertz CT molecular complexity index is 463. The van der Waals surface area contributed by atoms with Crippen LogP contribution in [-0.4, -0.2) is 9.78 Å². The van der Waals surface area contributed by atoms with E-state index in [0.29, 0.717) is 6.42 Å². The number of benzene rings is 1. The standard InChI is InChI=1S/C13H12N2/c1-2-3-11-15-13(9-10-14-15)12-7-5-4-6-8-12/h1,4-10H,3,11H2. The van der Waals surface area contributed by atoms with E-state index in [2.05, 4.69) is 23.2 Å². The van der Waals surface area contributed by atoms with E-state index >= 15 is 0 Å². The third kappa shape index (κ3) is 2.08. The van der Waals surface area contributed by atoms with Crippen LogP contribution in [0.1, 0.15) is 6.42 Å². The summed E-state index contributed by atoms with van der Waals surface area (Å²) in [5.41, 5.74) is 2.29. The van der Waals surface area contributed by atoms with E-state index in [9.17, 15) is 0 Å². The van der Waals surface area contributed by atoms with E-state index < -0.39 is 0 Å². The summed E-state index contributed by atoms with van der Waals surface area (Å²) >= 11 is 0. The quantitative estimate of drug-likeness (QED) is 0.690. The Morgan fingerprint density at radius 2 is 2.00 bits per heavy atom. The summed E-state index contributed by atoms with van der Waals surface area (Å²) < 4.78 is 1.94. The largest absolute Gasteiger partial charge is 0.264 e. The zero-order chi connectivity index (χ0) is 10.5. The van der Waals surface area contributed by atoms with Crippen molar-refractivity contribution in [2.24, 2.45) is 0 Å². The molecule has 0 atom stereocenters. The second-order valence-electron chi connectivity index (χ2n) is 3.26. The van der Waals surface area contributed by atoms with Gasteiger partial charge in [0.15, 0.2) is 0 Å². The van der Waals surface area contributed by atoms with Crippen molar-refractivity contribution in [3.8, 4) is 23.6 Å². The molecule has 2 aromatic rings. The topological polar surface area (TPSA) is 17.8 Å². The number of aryl methyl sites for hydroxylation is 1. The Balaban J connectivity index is 2.30. The second kappa shape index (κ2) is 4.47. The fourth-order valence-electron chi connectivity index (χ4n) is 1.54. The number of nitrogens with zero attached hydrogens (tertiary/aromatic N) is 2. The number of hydrogen-bond donors (Lipinski definition) is 0. The summed E-state index contributed by atoms with van der Waals surface area (Å²) in [5.74, 6) is 2.62. The number of aromatic nitrogens is 2. The molecule has 1 aromatic carbocycles. The molecule has 0 aliphatic rings. The van der Waals surface area contributed by atoms with Crippen LogP contribution in [0.4, 0.5) is 0 Å². The van der Waals surface area contributed by atoms with Gasteiger partial charge in [-0.1, -0.05) is 30.3 Å². The lowest BCUT2D eigenvalue weighted by molar-refractivity contribution is 0.637. The number of rotatable bonds is 3. The Morgan fingerprint density at radius 3 is 2.73 bits per heavy atom. The molecule has 0 unspecified atom stereocenters. The fraction of sp³-hybridized carbons (Fsp3) is 0.154. The molecule has 74 valence electrons. The highest BCUT2D eigenvalue weighted by Crippen LogP contribution is 2.18. The molecule has 1 aromatic heterocycles. The van der Waals surface area contributed by atoms with Crippen LogP contribution in [0.25, 0.3) is 11.3 Å². The van der Waals surface area contributed by atoms with Gasteiger partial charge in [0.25, 0.3) is 0 Å². The average molecular weight is 196 g/mol. The molecule has 0 aliphatic carbocycles. The van der Waals surface area contributed by atoms with E-state index in [1.165, 1.54) is 5.56 Å². The van der Waals surface area contributed by atoms with Crippen LogP contribution in [0.5, 0.6) is 0 Å². The molecule has 0 saturated heterocycles. The summed E-state index contributed by atoms with van der Waals surface area (Å²) in [5, 5.41) is 4.25. The third-order valence-electron chi connectivity index (χ3n) is 2.25. The molecule has 15 heavy (non-hydrogen) atoms. The highest BCUT2D eigenvalue weighted by atomic mass is 15.3. The SMILES string of the molecule is C#CCCn1nccc1-c1ccccc1. The Labute approximate surface area is 89.6 Å². The van der Waals surface area contributed by atoms with E-state index in [0.717, 1.165) is 12.2 Å². The Hall–Kier alpha value is -2.01. The maximum absolute atomic E-state index is 5.24. The highest BCUT2D eigenvalue weighted by Gasteiger charge is 2.03. The molecule has 1 heterocycles. The first-order chi connectivity index (χ1) is 7.42. The lowest BCUT2D eigenvalue weighted by Gasteiger charge is -2.05.